The summed E-state index contributed by atoms with van der Waals surface area (Å²) in [5.41, 5.74) is 2.00. The molecule has 0 aliphatic heterocycles. The van der Waals surface area contributed by atoms with Crippen LogP contribution < -0.4 is 5.43 Å². The van der Waals surface area contributed by atoms with Crippen LogP contribution in [0.5, 0.6) is 0 Å². The van der Waals surface area contributed by atoms with Crippen LogP contribution in [0.1, 0.15) is 12.5 Å². The van der Waals surface area contributed by atoms with Crippen LogP contribution in [0.2, 0.25) is 0 Å². The second kappa shape index (κ2) is 4.07. The minimum atomic E-state index is 0.109. The van der Waals surface area contributed by atoms with Crippen LogP contribution in [0.15, 0.2) is 53.8 Å². The zero-order chi connectivity index (χ0) is 12.7. The van der Waals surface area contributed by atoms with Crippen molar-refractivity contribution in [1.29, 1.82) is 0 Å². The van der Waals surface area contributed by atoms with Gasteiger partial charge in [0.05, 0.1) is 0 Å². The highest BCUT2D eigenvalue weighted by atomic mass is 32.1. The molecule has 0 bridgehead atoms. The molecule has 0 aliphatic carbocycles. The van der Waals surface area contributed by atoms with Crippen molar-refractivity contribution in [1.82, 2.24) is 0 Å². The van der Waals surface area contributed by atoms with Gasteiger partial charge in [0, 0.05) is 20.2 Å². The van der Waals surface area contributed by atoms with Gasteiger partial charge in [-0.05, 0) is 30.7 Å². The molecule has 0 saturated carbocycles. The lowest BCUT2D eigenvalue weighted by molar-refractivity contribution is 1.63. The fraction of sp³-hybridized carbons (Fsp3) is 0.0625. The topological polar surface area (TPSA) is 17.1 Å². The van der Waals surface area contributed by atoms with Gasteiger partial charge in [-0.2, -0.15) is 0 Å². The predicted molar refractivity (Wildman–Crippen MR) is 80.3 cm³/mol. The van der Waals surface area contributed by atoms with Crippen molar-refractivity contribution in [2.24, 2.45) is 0 Å². The van der Waals surface area contributed by atoms with E-state index in [2.05, 4.69) is 6.58 Å². The lowest BCUT2D eigenvalue weighted by Gasteiger charge is -2.06. The van der Waals surface area contributed by atoms with Crippen LogP contribution >= 0.6 is 11.3 Å². The van der Waals surface area contributed by atoms with Gasteiger partial charge in [-0.25, -0.2) is 0 Å². The Labute approximate surface area is 109 Å². The molecular formula is C16H12OS. The third-order valence-electron chi connectivity index (χ3n) is 3.06. The maximum atomic E-state index is 12.6. The second-order valence-electron chi connectivity index (χ2n) is 4.39. The first-order valence-corrected chi connectivity index (χ1v) is 6.60. The van der Waals surface area contributed by atoms with E-state index >= 15 is 0 Å². The van der Waals surface area contributed by atoms with E-state index in [-0.39, 0.29) is 5.43 Å². The number of rotatable bonds is 1. The summed E-state index contributed by atoms with van der Waals surface area (Å²) in [5, 5.41) is 1.59. The monoisotopic (exact) mass is 252 g/mol. The number of fused-ring (bicyclic) bond motifs is 2. The summed E-state index contributed by atoms with van der Waals surface area (Å²) in [6.45, 7) is 5.90. The van der Waals surface area contributed by atoms with Gasteiger partial charge in [0.2, 0.25) is 0 Å². The lowest BCUT2D eigenvalue weighted by Crippen LogP contribution is -2.03. The summed E-state index contributed by atoms with van der Waals surface area (Å²) in [6.07, 6.45) is 0. The van der Waals surface area contributed by atoms with Crippen molar-refractivity contribution in [3.05, 3.63) is 64.8 Å². The molecule has 1 heterocycles. The Morgan fingerprint density at radius 3 is 2.56 bits per heavy atom. The van der Waals surface area contributed by atoms with Gasteiger partial charge < -0.3 is 0 Å². The second-order valence-corrected chi connectivity index (χ2v) is 5.47. The van der Waals surface area contributed by atoms with Crippen LogP contribution in [0.4, 0.5) is 0 Å². The minimum absolute atomic E-state index is 0.109. The Morgan fingerprint density at radius 2 is 1.78 bits per heavy atom. The van der Waals surface area contributed by atoms with Gasteiger partial charge in [-0.15, -0.1) is 11.3 Å². The van der Waals surface area contributed by atoms with Gasteiger partial charge in [0.15, 0.2) is 5.43 Å². The molecule has 0 fully saturated rings. The van der Waals surface area contributed by atoms with Crippen molar-refractivity contribution < 1.29 is 0 Å². The average Bonchev–Trinajstić information content (AvgIpc) is 2.38. The highest BCUT2D eigenvalue weighted by molar-refractivity contribution is 7.24. The number of allylic oxidation sites excluding steroid dienone is 1. The Balaban J connectivity index is 2.61. The normalized spacial score (nSPS) is 10.9. The van der Waals surface area contributed by atoms with Crippen LogP contribution in [-0.2, 0) is 0 Å². The fourth-order valence-corrected chi connectivity index (χ4v) is 3.31. The molecule has 3 rings (SSSR count). The van der Waals surface area contributed by atoms with Crippen LogP contribution in [-0.4, -0.2) is 0 Å². The third-order valence-corrected chi connectivity index (χ3v) is 4.20. The van der Waals surface area contributed by atoms with E-state index < -0.39 is 0 Å². The number of benzene rings is 2. The third kappa shape index (κ3) is 1.57. The largest absolute Gasteiger partial charge is 0.288 e. The first kappa shape index (κ1) is 11.2. The quantitative estimate of drug-likeness (QED) is 0.585. The van der Waals surface area contributed by atoms with Crippen molar-refractivity contribution >= 4 is 37.1 Å². The summed E-state index contributed by atoms with van der Waals surface area (Å²) in [5.74, 6) is 0. The maximum Gasteiger partial charge on any atom is 0.196 e. The smallest absolute Gasteiger partial charge is 0.196 e. The molecule has 0 unspecified atom stereocenters. The molecule has 2 heteroatoms. The molecular weight excluding hydrogens is 240 g/mol. The predicted octanol–water partition coefficient (Wildman–Crippen LogP) is 4.45. The summed E-state index contributed by atoms with van der Waals surface area (Å²) in [6, 6.07) is 13.7. The molecule has 0 radical (unpaired) electrons. The highest BCUT2D eigenvalue weighted by Gasteiger charge is 2.09. The molecule has 1 aromatic heterocycles. The van der Waals surface area contributed by atoms with Gasteiger partial charge in [-0.1, -0.05) is 36.4 Å². The summed E-state index contributed by atoms with van der Waals surface area (Å²) >= 11 is 1.66. The van der Waals surface area contributed by atoms with E-state index in [1.54, 1.807) is 11.3 Å². The van der Waals surface area contributed by atoms with E-state index in [0.717, 1.165) is 31.3 Å². The molecule has 18 heavy (non-hydrogen) atoms. The van der Waals surface area contributed by atoms with Gasteiger partial charge in [0.1, 0.15) is 0 Å². The molecule has 1 nitrogen and oxygen atoms in total. The molecule has 0 saturated heterocycles. The van der Waals surface area contributed by atoms with E-state index in [9.17, 15) is 4.79 Å². The van der Waals surface area contributed by atoms with Crippen molar-refractivity contribution in [2.75, 3.05) is 0 Å². The van der Waals surface area contributed by atoms with Crippen molar-refractivity contribution in [3.63, 3.8) is 0 Å². The Hall–Kier alpha value is -1.93. The molecule has 2 aromatic carbocycles. The molecule has 0 N–H and O–H groups in total. The van der Waals surface area contributed by atoms with Crippen LogP contribution in [0, 0.1) is 0 Å². The van der Waals surface area contributed by atoms with E-state index in [1.165, 1.54) is 0 Å². The SMILES string of the molecule is C=C(C)c1cccc2sc3ccccc3c(=O)c12. The standard InChI is InChI=1S/C16H12OS/c1-10(2)11-7-5-9-14-15(11)16(17)12-6-3-4-8-13(12)18-14/h3-9H,1H2,2H3. The molecule has 3 aromatic rings. The van der Waals surface area contributed by atoms with Crippen LogP contribution in [0.3, 0.4) is 0 Å². The van der Waals surface area contributed by atoms with E-state index in [4.69, 9.17) is 0 Å². The maximum absolute atomic E-state index is 12.6. The first-order chi connectivity index (χ1) is 8.68. The number of hydrogen-bond donors (Lipinski definition) is 0. The molecule has 0 aliphatic rings. The summed E-state index contributed by atoms with van der Waals surface area (Å²) < 4.78 is 2.06. The minimum Gasteiger partial charge on any atom is -0.288 e. The Kier molecular flexibility index (Phi) is 2.53. The van der Waals surface area contributed by atoms with Gasteiger partial charge >= 0.3 is 0 Å². The van der Waals surface area contributed by atoms with E-state index in [0.29, 0.717) is 0 Å². The van der Waals surface area contributed by atoms with Crippen LogP contribution in [0.25, 0.3) is 25.7 Å². The molecule has 0 spiro atoms. The Morgan fingerprint density at radius 1 is 1.06 bits per heavy atom. The number of hydrogen-bond acceptors (Lipinski definition) is 2. The zero-order valence-corrected chi connectivity index (χ0v) is 10.9. The highest BCUT2D eigenvalue weighted by Crippen LogP contribution is 2.28. The molecule has 88 valence electrons. The molecule has 0 amide bonds. The van der Waals surface area contributed by atoms with Gasteiger partial charge in [0.25, 0.3) is 0 Å². The average molecular weight is 252 g/mol. The first-order valence-electron chi connectivity index (χ1n) is 5.79. The summed E-state index contributed by atoms with van der Waals surface area (Å²) in [7, 11) is 0. The molecule has 0 atom stereocenters. The van der Waals surface area contributed by atoms with Gasteiger partial charge in [-0.3, -0.25) is 4.79 Å². The summed E-state index contributed by atoms with van der Waals surface area (Å²) in [4.78, 5) is 12.6. The lowest BCUT2D eigenvalue weighted by atomic mass is 10.0. The van der Waals surface area contributed by atoms with Crippen molar-refractivity contribution in [3.8, 4) is 0 Å². The zero-order valence-electron chi connectivity index (χ0n) is 10.1. The Bertz CT molecular complexity index is 827. The van der Waals surface area contributed by atoms with Crippen molar-refractivity contribution in [2.45, 2.75) is 6.92 Å². The fourth-order valence-electron chi connectivity index (χ4n) is 2.20. The van der Waals surface area contributed by atoms with E-state index in [1.807, 2.05) is 49.4 Å².